The van der Waals surface area contributed by atoms with Gasteiger partial charge in [-0.25, -0.2) is 10.3 Å². The number of amides is 2. The number of nitrogens with one attached hydrogen (secondary N) is 2. The van der Waals surface area contributed by atoms with E-state index in [4.69, 9.17) is 14.3 Å². The first-order valence-electron chi connectivity index (χ1n) is 14.5. The topological polar surface area (TPSA) is 89.1 Å². The molecule has 8 nitrogen and oxygen atoms in total. The Labute approximate surface area is 232 Å². The van der Waals surface area contributed by atoms with E-state index in [9.17, 15) is 9.59 Å². The summed E-state index contributed by atoms with van der Waals surface area (Å²) >= 11 is 0. The Hall–Kier alpha value is -2.94. The molecule has 2 saturated heterocycles. The number of piperidine rings is 1. The Morgan fingerprint density at radius 2 is 1.87 bits per heavy atom. The maximum atomic E-state index is 13.3. The maximum Gasteiger partial charge on any atom is 0.250 e. The zero-order valence-electron chi connectivity index (χ0n) is 23.2. The van der Waals surface area contributed by atoms with Crippen LogP contribution in [0.1, 0.15) is 64.7 Å². The highest BCUT2D eigenvalue weighted by atomic mass is 16.8. The molecule has 0 radical (unpaired) electrons. The van der Waals surface area contributed by atoms with Crippen molar-refractivity contribution in [1.29, 1.82) is 0 Å². The zero-order chi connectivity index (χ0) is 27.3. The van der Waals surface area contributed by atoms with Gasteiger partial charge in [0.05, 0.1) is 5.57 Å². The SMILES string of the molecule is CCN1CCC(NC(=O)/C(=C/CCCCC(=O)NOC2CCCCO2)COc2cccc3ccccc23)CC1. The van der Waals surface area contributed by atoms with Crippen LogP contribution < -0.4 is 15.5 Å². The molecule has 0 saturated carbocycles. The number of rotatable bonds is 13. The van der Waals surface area contributed by atoms with E-state index in [0.29, 0.717) is 31.4 Å². The lowest BCUT2D eigenvalue weighted by molar-refractivity contribution is -0.200. The summed E-state index contributed by atoms with van der Waals surface area (Å²) in [6, 6.07) is 14.2. The highest BCUT2D eigenvalue weighted by Gasteiger charge is 2.21. The van der Waals surface area contributed by atoms with Crippen LogP contribution in [-0.4, -0.2) is 61.9 Å². The van der Waals surface area contributed by atoms with Gasteiger partial charge in [-0.1, -0.05) is 49.4 Å². The Morgan fingerprint density at radius 3 is 2.67 bits per heavy atom. The van der Waals surface area contributed by atoms with Crippen LogP contribution in [0.3, 0.4) is 0 Å². The average molecular weight is 538 g/mol. The van der Waals surface area contributed by atoms with Crippen LogP contribution >= 0.6 is 0 Å². The number of carbonyl (C=O) groups excluding carboxylic acids is 2. The minimum atomic E-state index is -0.345. The normalized spacial score (nSPS) is 19.1. The molecule has 2 amide bonds. The lowest BCUT2D eigenvalue weighted by atomic mass is 10.0. The van der Waals surface area contributed by atoms with E-state index in [1.54, 1.807) is 0 Å². The molecule has 2 aromatic carbocycles. The number of hydrogen-bond acceptors (Lipinski definition) is 6. The van der Waals surface area contributed by atoms with Crippen molar-refractivity contribution in [1.82, 2.24) is 15.7 Å². The maximum absolute atomic E-state index is 13.3. The molecular weight excluding hydrogens is 494 g/mol. The van der Waals surface area contributed by atoms with Crippen molar-refractivity contribution in [3.63, 3.8) is 0 Å². The van der Waals surface area contributed by atoms with Gasteiger partial charge < -0.3 is 19.7 Å². The lowest BCUT2D eigenvalue weighted by Gasteiger charge is -2.31. The number of hydroxylamine groups is 1. The second kappa shape index (κ2) is 15.6. The molecule has 2 aromatic rings. The number of likely N-dealkylation sites (tertiary alicyclic amines) is 1. The highest BCUT2D eigenvalue weighted by molar-refractivity contribution is 5.94. The van der Waals surface area contributed by atoms with Crippen LogP contribution in [0.2, 0.25) is 0 Å². The van der Waals surface area contributed by atoms with Gasteiger partial charge in [-0.15, -0.1) is 0 Å². The van der Waals surface area contributed by atoms with E-state index in [2.05, 4.69) is 34.8 Å². The molecule has 212 valence electrons. The quantitative estimate of drug-likeness (QED) is 0.215. The molecule has 1 unspecified atom stereocenters. The van der Waals surface area contributed by atoms with Crippen molar-refractivity contribution in [3.05, 3.63) is 54.1 Å². The van der Waals surface area contributed by atoms with Crippen LogP contribution in [0.5, 0.6) is 5.75 Å². The zero-order valence-corrected chi connectivity index (χ0v) is 23.2. The number of hydrogen-bond donors (Lipinski definition) is 2. The summed E-state index contributed by atoms with van der Waals surface area (Å²) in [6.45, 7) is 6.10. The molecule has 4 rings (SSSR count). The summed E-state index contributed by atoms with van der Waals surface area (Å²) in [7, 11) is 0. The summed E-state index contributed by atoms with van der Waals surface area (Å²) in [6.07, 6.45) is 8.96. The summed E-state index contributed by atoms with van der Waals surface area (Å²) < 4.78 is 11.6. The Morgan fingerprint density at radius 1 is 1.05 bits per heavy atom. The van der Waals surface area contributed by atoms with Gasteiger partial charge in [0.15, 0.2) is 6.29 Å². The van der Waals surface area contributed by atoms with Crippen molar-refractivity contribution < 1.29 is 23.9 Å². The number of unbranched alkanes of at least 4 members (excludes halogenated alkanes) is 2. The second-order valence-corrected chi connectivity index (χ2v) is 10.4. The van der Waals surface area contributed by atoms with Crippen LogP contribution in [0.15, 0.2) is 54.1 Å². The van der Waals surface area contributed by atoms with Gasteiger partial charge in [0, 0.05) is 44.0 Å². The first-order chi connectivity index (χ1) is 19.1. The molecule has 0 aromatic heterocycles. The Kier molecular flexibility index (Phi) is 11.6. The summed E-state index contributed by atoms with van der Waals surface area (Å²) in [5.41, 5.74) is 3.14. The van der Waals surface area contributed by atoms with Gasteiger partial charge in [0.1, 0.15) is 12.4 Å². The fourth-order valence-corrected chi connectivity index (χ4v) is 5.06. The van der Waals surface area contributed by atoms with Crippen molar-refractivity contribution >= 4 is 22.6 Å². The van der Waals surface area contributed by atoms with Crippen molar-refractivity contribution in [2.45, 2.75) is 77.0 Å². The van der Waals surface area contributed by atoms with E-state index < -0.39 is 0 Å². The molecule has 0 aliphatic carbocycles. The molecule has 2 fully saturated rings. The number of nitrogens with zero attached hydrogens (tertiary/aromatic N) is 1. The van der Waals surface area contributed by atoms with E-state index in [0.717, 1.165) is 74.7 Å². The summed E-state index contributed by atoms with van der Waals surface area (Å²) in [5, 5.41) is 5.37. The van der Waals surface area contributed by atoms with Crippen molar-refractivity contribution in [2.75, 3.05) is 32.8 Å². The number of allylic oxidation sites excluding steroid dienone is 1. The van der Waals surface area contributed by atoms with Crippen LogP contribution in [0, 0.1) is 0 Å². The standard InChI is InChI=1S/C31H43N3O5/c1-2-34-20-18-26(19-21-34)32-31(36)25(23-38-28-15-10-13-24-11-6-7-14-27(24)28)12-4-3-5-16-29(35)33-39-30-17-8-9-22-37-30/h6-7,10-15,26,30H,2-5,8-9,16-23H2,1H3,(H,32,36)(H,33,35)/b25-12+. The number of ether oxygens (including phenoxy) is 2. The minimum absolute atomic E-state index is 0.0659. The molecule has 1 atom stereocenters. The third kappa shape index (κ3) is 9.34. The Bertz CT molecular complexity index is 1090. The lowest BCUT2D eigenvalue weighted by Crippen LogP contribution is -2.45. The average Bonchev–Trinajstić information content (AvgIpc) is 2.98. The van der Waals surface area contributed by atoms with E-state index in [1.807, 2.05) is 36.4 Å². The second-order valence-electron chi connectivity index (χ2n) is 10.4. The summed E-state index contributed by atoms with van der Waals surface area (Å²) in [4.78, 5) is 33.2. The molecule has 0 bridgehead atoms. The Balaban J connectivity index is 1.29. The molecule has 2 heterocycles. The van der Waals surface area contributed by atoms with E-state index >= 15 is 0 Å². The van der Waals surface area contributed by atoms with Crippen LogP contribution in [0.4, 0.5) is 0 Å². The molecule has 39 heavy (non-hydrogen) atoms. The molecule has 2 N–H and O–H groups in total. The third-order valence-corrected chi connectivity index (χ3v) is 7.49. The van der Waals surface area contributed by atoms with E-state index in [1.165, 1.54) is 0 Å². The predicted molar refractivity (Wildman–Crippen MR) is 152 cm³/mol. The molecule has 0 spiro atoms. The number of carbonyl (C=O) groups is 2. The van der Waals surface area contributed by atoms with Gasteiger partial charge in [-0.05, 0) is 62.9 Å². The number of benzene rings is 2. The number of fused-ring (bicyclic) bond motifs is 1. The predicted octanol–water partition coefficient (Wildman–Crippen LogP) is 4.88. The van der Waals surface area contributed by atoms with Gasteiger partial charge in [0.25, 0.3) is 5.91 Å². The van der Waals surface area contributed by atoms with Crippen LogP contribution in [-0.2, 0) is 19.2 Å². The van der Waals surface area contributed by atoms with Gasteiger partial charge in [-0.2, -0.15) is 0 Å². The highest BCUT2D eigenvalue weighted by Crippen LogP contribution is 2.25. The van der Waals surface area contributed by atoms with Gasteiger partial charge >= 0.3 is 0 Å². The molecule has 8 heteroatoms. The van der Waals surface area contributed by atoms with E-state index in [-0.39, 0.29) is 30.8 Å². The van der Waals surface area contributed by atoms with Crippen molar-refractivity contribution in [3.8, 4) is 5.75 Å². The smallest absolute Gasteiger partial charge is 0.250 e. The fourth-order valence-electron chi connectivity index (χ4n) is 5.06. The van der Waals surface area contributed by atoms with Crippen LogP contribution in [0.25, 0.3) is 10.8 Å². The summed E-state index contributed by atoms with van der Waals surface area (Å²) in [5.74, 6) is 0.550. The first-order valence-corrected chi connectivity index (χ1v) is 14.5. The van der Waals surface area contributed by atoms with Gasteiger partial charge in [-0.3, -0.25) is 9.59 Å². The van der Waals surface area contributed by atoms with Crippen molar-refractivity contribution in [2.24, 2.45) is 0 Å². The molecule has 2 aliphatic heterocycles. The monoisotopic (exact) mass is 537 g/mol. The largest absolute Gasteiger partial charge is 0.488 e. The third-order valence-electron chi connectivity index (χ3n) is 7.49. The minimum Gasteiger partial charge on any atom is -0.488 e. The fraction of sp³-hybridized carbons (Fsp3) is 0.548. The van der Waals surface area contributed by atoms with Gasteiger partial charge in [0.2, 0.25) is 5.91 Å². The first kappa shape index (κ1) is 29.1. The molecular formula is C31H43N3O5. The molecule has 2 aliphatic rings.